The van der Waals surface area contributed by atoms with Crippen molar-refractivity contribution in [3.8, 4) is 0 Å². The molecule has 0 saturated carbocycles. The second kappa shape index (κ2) is 35.0. The fourth-order valence-electron chi connectivity index (χ4n) is 0.340. The first-order valence-electron chi connectivity index (χ1n) is 8.82. The summed E-state index contributed by atoms with van der Waals surface area (Å²) in [7, 11) is 0. The van der Waals surface area contributed by atoms with Crippen LogP contribution in [0.3, 0.4) is 0 Å². The molecule has 0 aliphatic heterocycles. The molecule has 0 heterocycles. The smallest absolute Gasteiger partial charge is 4.00 e. The second-order valence-corrected chi connectivity index (χ2v) is 7.93. The standard InChI is InChI=1S/C5H5.3C4H10N.C2H7Ge.Zr/c1-2-4-5-3-1;3*1-3-4(2)5;1-3-2;/h1-3H,4H2;3*4-5H,3H2,1-2H3;3H,1-2H3;/q4*-1;;+4. The van der Waals surface area contributed by atoms with E-state index in [0.29, 0.717) is 15.4 Å². The molecule has 1 radical (unpaired) electrons. The van der Waals surface area contributed by atoms with E-state index in [2.05, 4.69) is 23.7 Å². The SMILES string of the molecule is CCC(C)[NH-].CCC(C)[NH-].CCC(C)[NH-].[C-]1=CC=CC1.[CH3][GeH][CH3].[Zr+4]. The molecular formula is C19H42GeN3Zr. The van der Waals surface area contributed by atoms with E-state index in [9.17, 15) is 0 Å². The van der Waals surface area contributed by atoms with E-state index >= 15 is 0 Å². The van der Waals surface area contributed by atoms with E-state index in [0.717, 1.165) is 25.7 Å². The predicted molar refractivity (Wildman–Crippen MR) is 113 cm³/mol. The third-order valence-corrected chi connectivity index (χ3v) is 2.42. The van der Waals surface area contributed by atoms with Crippen molar-refractivity contribution in [2.75, 3.05) is 0 Å². The van der Waals surface area contributed by atoms with E-state index < -0.39 is 0 Å². The Morgan fingerprint density at radius 3 is 1.17 bits per heavy atom. The van der Waals surface area contributed by atoms with Crippen LogP contribution in [0.2, 0.25) is 11.5 Å². The van der Waals surface area contributed by atoms with Gasteiger partial charge in [-0.3, -0.25) is 6.08 Å². The molecule has 5 heteroatoms. The minimum atomic E-state index is 0. The fraction of sp³-hybridized carbons (Fsp3) is 0.789. The van der Waals surface area contributed by atoms with Gasteiger partial charge in [0.25, 0.3) is 0 Å². The summed E-state index contributed by atoms with van der Waals surface area (Å²) in [6, 6.07) is 0.403. The Morgan fingerprint density at radius 2 is 1.12 bits per heavy atom. The number of nitrogens with one attached hydrogen (secondary N) is 3. The molecule has 1 rings (SSSR count). The molecule has 3 unspecified atom stereocenters. The van der Waals surface area contributed by atoms with Crippen molar-refractivity contribution in [1.29, 1.82) is 0 Å². The molecule has 0 fully saturated rings. The minimum Gasteiger partial charge on any atom is 4.00 e. The van der Waals surface area contributed by atoms with Gasteiger partial charge in [0.1, 0.15) is 0 Å². The average Bonchev–Trinajstić information content (AvgIpc) is 3.08. The Labute approximate surface area is 179 Å². The molecule has 1 aliphatic rings. The monoisotopic (exact) mass is 476 g/mol. The van der Waals surface area contributed by atoms with Crippen LogP contribution in [0.1, 0.15) is 67.2 Å². The summed E-state index contributed by atoms with van der Waals surface area (Å²) in [6.45, 7) is 11.7. The summed E-state index contributed by atoms with van der Waals surface area (Å²) in [6.07, 6.45) is 12.9. The predicted octanol–water partition coefficient (Wildman–Crippen LogP) is 7.33. The van der Waals surface area contributed by atoms with Crippen molar-refractivity contribution in [2.24, 2.45) is 0 Å². The molecule has 0 amide bonds. The quantitative estimate of drug-likeness (QED) is 0.302. The van der Waals surface area contributed by atoms with Crippen LogP contribution in [0, 0.1) is 6.08 Å². The summed E-state index contributed by atoms with van der Waals surface area (Å²) in [5.74, 6) is 4.56. The largest absolute Gasteiger partial charge is 4.00 e. The van der Waals surface area contributed by atoms with Crippen molar-refractivity contribution < 1.29 is 26.2 Å². The van der Waals surface area contributed by atoms with Gasteiger partial charge in [-0.15, -0.1) is 24.5 Å². The van der Waals surface area contributed by atoms with Gasteiger partial charge in [0.05, 0.1) is 0 Å². The molecule has 1 aliphatic carbocycles. The van der Waals surface area contributed by atoms with Crippen molar-refractivity contribution in [1.82, 2.24) is 0 Å². The first-order chi connectivity index (χ1) is 10.7. The van der Waals surface area contributed by atoms with Gasteiger partial charge in [-0.1, -0.05) is 60.8 Å². The van der Waals surface area contributed by atoms with Gasteiger partial charge < -0.3 is 17.2 Å². The van der Waals surface area contributed by atoms with Crippen LogP contribution in [0.5, 0.6) is 0 Å². The maximum atomic E-state index is 6.83. The topological polar surface area (TPSA) is 71.4 Å². The Morgan fingerprint density at radius 1 is 0.875 bits per heavy atom. The Balaban J connectivity index is -0.0000000627. The Kier molecular flexibility index (Phi) is 52.2. The van der Waals surface area contributed by atoms with Gasteiger partial charge in [0.15, 0.2) is 0 Å². The normalized spacial score (nSPS) is 13.8. The molecule has 0 spiro atoms. The van der Waals surface area contributed by atoms with Crippen LogP contribution < -0.4 is 0 Å². The molecule has 0 bridgehead atoms. The first-order valence-corrected chi connectivity index (χ1v) is 13.7. The van der Waals surface area contributed by atoms with Crippen molar-refractivity contribution in [3.05, 3.63) is 41.5 Å². The van der Waals surface area contributed by atoms with Crippen LogP contribution in [0.25, 0.3) is 17.2 Å². The third kappa shape index (κ3) is 77.9. The van der Waals surface area contributed by atoms with E-state index in [-0.39, 0.29) is 44.3 Å². The average molecular weight is 476 g/mol. The van der Waals surface area contributed by atoms with Gasteiger partial charge in [-0.05, 0) is 0 Å². The van der Waals surface area contributed by atoms with Gasteiger partial charge in [-0.25, -0.2) is 12.2 Å². The van der Waals surface area contributed by atoms with Gasteiger partial charge in [-0.2, -0.15) is 6.08 Å². The third-order valence-electron chi connectivity index (χ3n) is 2.42. The molecule has 3 atom stereocenters. The summed E-state index contributed by atoms with van der Waals surface area (Å²) < 4.78 is 0. The molecule has 0 aromatic rings. The number of allylic oxidation sites excluding steroid dienone is 4. The minimum absolute atomic E-state index is 0. The van der Waals surface area contributed by atoms with Crippen molar-refractivity contribution >= 4 is 15.4 Å². The van der Waals surface area contributed by atoms with E-state index in [1.54, 1.807) is 0 Å². The molecule has 24 heavy (non-hydrogen) atoms. The fourth-order valence-corrected chi connectivity index (χ4v) is 0.340. The zero-order valence-electron chi connectivity index (χ0n) is 17.4. The summed E-state index contributed by atoms with van der Waals surface area (Å²) >= 11 is 0.312. The summed E-state index contributed by atoms with van der Waals surface area (Å²) in [4.78, 5) is 0. The van der Waals surface area contributed by atoms with E-state index in [1.807, 2.05) is 53.7 Å². The molecule has 0 saturated heterocycles. The molecule has 3 nitrogen and oxygen atoms in total. The maximum absolute atomic E-state index is 6.83. The molecular weight excluding hydrogens is 434 g/mol. The van der Waals surface area contributed by atoms with Crippen LogP contribution in [-0.4, -0.2) is 33.6 Å². The van der Waals surface area contributed by atoms with Crippen molar-refractivity contribution in [3.63, 3.8) is 0 Å². The first kappa shape index (κ1) is 35.8. The molecule has 141 valence electrons. The second-order valence-electron chi connectivity index (χ2n) is 5.51. The maximum Gasteiger partial charge on any atom is 4.00 e. The molecule has 0 aromatic carbocycles. The number of hydrogen-bond acceptors (Lipinski definition) is 0. The van der Waals surface area contributed by atoms with Gasteiger partial charge in [0, 0.05) is 0 Å². The summed E-state index contributed by atoms with van der Waals surface area (Å²) in [5.41, 5.74) is 20.5. The molecule has 0 aromatic heterocycles. The summed E-state index contributed by atoms with van der Waals surface area (Å²) in [5, 5.41) is 0. The zero-order chi connectivity index (χ0) is 19.1. The van der Waals surface area contributed by atoms with Crippen LogP contribution in [0.4, 0.5) is 0 Å². The zero-order valence-corrected chi connectivity index (χ0v) is 22.3. The van der Waals surface area contributed by atoms with Crippen LogP contribution >= 0.6 is 0 Å². The van der Waals surface area contributed by atoms with Gasteiger partial charge in [0.2, 0.25) is 0 Å². The number of rotatable bonds is 3. The van der Waals surface area contributed by atoms with E-state index in [4.69, 9.17) is 17.2 Å². The Bertz CT molecular complexity index is 202. The number of hydrogen-bond donors (Lipinski definition) is 0. The Hall–Kier alpha value is 0.786. The van der Waals surface area contributed by atoms with Crippen LogP contribution in [-0.2, 0) is 26.2 Å². The van der Waals surface area contributed by atoms with Crippen LogP contribution in [0.15, 0.2) is 18.2 Å². The van der Waals surface area contributed by atoms with E-state index in [1.165, 1.54) is 0 Å². The van der Waals surface area contributed by atoms with Gasteiger partial charge >= 0.3 is 53.1 Å². The molecule has 3 N–H and O–H groups in total. The van der Waals surface area contributed by atoms with Crippen molar-refractivity contribution in [2.45, 2.75) is 96.9 Å².